The van der Waals surface area contributed by atoms with Crippen molar-refractivity contribution in [3.63, 3.8) is 0 Å². The number of nitrogens with two attached hydrogens (primary N) is 1. The summed E-state index contributed by atoms with van der Waals surface area (Å²) in [5.74, 6) is -1.49. The molecular formula is C19H22F2N4O2. The molecule has 4 N–H and O–H groups in total. The van der Waals surface area contributed by atoms with E-state index in [0.717, 1.165) is 37.8 Å². The molecule has 2 aromatic rings. The molecule has 2 amide bonds. The van der Waals surface area contributed by atoms with Crippen LogP contribution in [0.25, 0.3) is 11.1 Å². The van der Waals surface area contributed by atoms with Crippen molar-refractivity contribution >= 4 is 11.8 Å². The number of benzene rings is 1. The van der Waals surface area contributed by atoms with Crippen molar-refractivity contribution in [2.45, 2.75) is 37.8 Å². The normalized spacial score (nSPS) is 19.4. The Morgan fingerprint density at radius 2 is 1.89 bits per heavy atom. The lowest BCUT2D eigenvalue weighted by Crippen LogP contribution is -2.42. The highest BCUT2D eigenvalue weighted by Crippen LogP contribution is 2.32. The number of amides is 2. The van der Waals surface area contributed by atoms with Crippen LogP contribution >= 0.6 is 0 Å². The Hall–Kier alpha value is -2.74. The summed E-state index contributed by atoms with van der Waals surface area (Å²) in [5, 5.41) is 5.58. The molecule has 144 valence electrons. The van der Waals surface area contributed by atoms with E-state index in [2.05, 4.69) is 15.6 Å². The lowest BCUT2D eigenvalue weighted by molar-refractivity contribution is 0.242. The topological polar surface area (TPSA) is 89.3 Å². The Balaban J connectivity index is 1.72. The van der Waals surface area contributed by atoms with E-state index in [1.807, 2.05) is 0 Å². The molecule has 0 atom stereocenters. The number of nitrogens with one attached hydrogen (secondary N) is 2. The zero-order valence-corrected chi connectivity index (χ0v) is 15.0. The first kappa shape index (κ1) is 19.0. The molecule has 1 aromatic carbocycles. The van der Waals surface area contributed by atoms with Gasteiger partial charge in [0.25, 0.3) is 0 Å². The van der Waals surface area contributed by atoms with E-state index >= 15 is 0 Å². The van der Waals surface area contributed by atoms with Gasteiger partial charge in [0.05, 0.1) is 7.11 Å². The van der Waals surface area contributed by atoms with Crippen molar-refractivity contribution in [1.82, 2.24) is 10.3 Å². The van der Waals surface area contributed by atoms with Crippen LogP contribution in [-0.2, 0) is 0 Å². The van der Waals surface area contributed by atoms with Gasteiger partial charge in [0, 0.05) is 29.9 Å². The molecule has 1 aliphatic rings. The van der Waals surface area contributed by atoms with Crippen molar-refractivity contribution < 1.29 is 18.3 Å². The fourth-order valence-electron chi connectivity index (χ4n) is 3.19. The number of halogens is 2. The van der Waals surface area contributed by atoms with Gasteiger partial charge in [-0.05, 0) is 49.4 Å². The van der Waals surface area contributed by atoms with Gasteiger partial charge in [0.15, 0.2) is 11.6 Å². The van der Waals surface area contributed by atoms with Crippen molar-refractivity contribution in [2.75, 3.05) is 12.4 Å². The molecule has 3 rings (SSSR count). The smallest absolute Gasteiger partial charge is 0.320 e. The maximum Gasteiger partial charge on any atom is 0.320 e. The van der Waals surface area contributed by atoms with Crippen LogP contribution in [0.5, 0.6) is 5.75 Å². The number of rotatable bonds is 4. The van der Waals surface area contributed by atoms with Crippen molar-refractivity contribution in [1.29, 1.82) is 0 Å². The molecule has 27 heavy (non-hydrogen) atoms. The Labute approximate surface area is 156 Å². The maximum absolute atomic E-state index is 13.6. The molecular weight excluding hydrogens is 354 g/mol. The summed E-state index contributed by atoms with van der Waals surface area (Å²) in [4.78, 5) is 16.3. The highest BCUT2D eigenvalue weighted by atomic mass is 19.2. The first-order chi connectivity index (χ1) is 13.0. The van der Waals surface area contributed by atoms with E-state index in [4.69, 9.17) is 10.5 Å². The number of carbonyl (C=O) groups excluding carboxylic acids is 1. The van der Waals surface area contributed by atoms with Crippen molar-refractivity contribution in [3.8, 4) is 16.9 Å². The summed E-state index contributed by atoms with van der Waals surface area (Å²) in [7, 11) is 1.38. The van der Waals surface area contributed by atoms with E-state index in [0.29, 0.717) is 16.9 Å². The maximum atomic E-state index is 13.6. The minimum absolute atomic E-state index is 0.0827. The van der Waals surface area contributed by atoms with E-state index in [-0.39, 0.29) is 23.9 Å². The summed E-state index contributed by atoms with van der Waals surface area (Å²) < 4.78 is 32.2. The fraction of sp³-hybridized carbons (Fsp3) is 0.368. The molecule has 1 fully saturated rings. The molecule has 1 aromatic heterocycles. The Morgan fingerprint density at radius 1 is 1.19 bits per heavy atom. The van der Waals surface area contributed by atoms with Crippen LogP contribution in [-0.4, -0.2) is 30.2 Å². The van der Waals surface area contributed by atoms with E-state index in [1.54, 1.807) is 12.1 Å². The van der Waals surface area contributed by atoms with Crippen LogP contribution in [0.3, 0.4) is 0 Å². The van der Waals surface area contributed by atoms with E-state index in [9.17, 15) is 13.6 Å². The first-order valence-corrected chi connectivity index (χ1v) is 8.79. The molecule has 0 aliphatic heterocycles. The van der Waals surface area contributed by atoms with Crippen LogP contribution in [0.2, 0.25) is 0 Å². The Kier molecular flexibility index (Phi) is 5.85. The van der Waals surface area contributed by atoms with E-state index < -0.39 is 11.6 Å². The summed E-state index contributed by atoms with van der Waals surface area (Å²) in [5.41, 5.74) is 6.77. The Morgan fingerprint density at radius 3 is 2.59 bits per heavy atom. The van der Waals surface area contributed by atoms with Crippen molar-refractivity contribution in [3.05, 3.63) is 42.1 Å². The molecule has 1 aliphatic carbocycles. The summed E-state index contributed by atoms with van der Waals surface area (Å²) >= 11 is 0. The quantitative estimate of drug-likeness (QED) is 0.763. The second-order valence-electron chi connectivity index (χ2n) is 6.61. The number of hydrogen-bond acceptors (Lipinski definition) is 4. The molecule has 0 radical (unpaired) electrons. The van der Waals surface area contributed by atoms with Gasteiger partial charge in [-0.1, -0.05) is 0 Å². The molecule has 1 heterocycles. The zero-order valence-electron chi connectivity index (χ0n) is 15.0. The average molecular weight is 376 g/mol. The van der Waals surface area contributed by atoms with Gasteiger partial charge < -0.3 is 15.8 Å². The second-order valence-corrected chi connectivity index (χ2v) is 6.61. The van der Waals surface area contributed by atoms with Crippen LogP contribution in [0, 0.1) is 11.6 Å². The summed E-state index contributed by atoms with van der Waals surface area (Å²) in [6.07, 6.45) is 4.93. The molecule has 6 nitrogen and oxygen atoms in total. The summed E-state index contributed by atoms with van der Waals surface area (Å²) in [6.45, 7) is 0. The molecule has 1 saturated carbocycles. The van der Waals surface area contributed by atoms with Gasteiger partial charge in [-0.3, -0.25) is 5.32 Å². The van der Waals surface area contributed by atoms with Crippen LogP contribution in [0.1, 0.15) is 25.7 Å². The highest BCUT2D eigenvalue weighted by Gasteiger charge is 2.20. The third-order valence-corrected chi connectivity index (χ3v) is 4.66. The monoisotopic (exact) mass is 376 g/mol. The molecule has 0 bridgehead atoms. The highest BCUT2D eigenvalue weighted by molar-refractivity contribution is 5.89. The van der Waals surface area contributed by atoms with Crippen LogP contribution < -0.4 is 21.1 Å². The molecule has 8 heteroatoms. The predicted molar refractivity (Wildman–Crippen MR) is 98.5 cm³/mol. The predicted octanol–water partition coefficient (Wildman–Crippen LogP) is 3.43. The van der Waals surface area contributed by atoms with Gasteiger partial charge in [-0.2, -0.15) is 0 Å². The fourth-order valence-corrected chi connectivity index (χ4v) is 3.19. The number of ether oxygens (including phenoxy) is 1. The van der Waals surface area contributed by atoms with Gasteiger partial charge in [-0.25, -0.2) is 18.6 Å². The number of methoxy groups -OCH3 is 1. The van der Waals surface area contributed by atoms with E-state index in [1.165, 1.54) is 13.3 Å². The number of nitrogens with zero attached hydrogens (tertiary/aromatic N) is 1. The zero-order chi connectivity index (χ0) is 19.4. The first-order valence-electron chi connectivity index (χ1n) is 8.79. The van der Waals surface area contributed by atoms with Gasteiger partial charge in [0.1, 0.15) is 11.6 Å². The minimum Gasteiger partial charge on any atom is -0.496 e. The number of pyridine rings is 1. The minimum atomic E-state index is -0.991. The number of hydrogen-bond donors (Lipinski definition) is 3. The average Bonchev–Trinajstić information content (AvgIpc) is 2.65. The summed E-state index contributed by atoms with van der Waals surface area (Å²) in [6, 6.07) is 5.16. The van der Waals surface area contributed by atoms with Gasteiger partial charge >= 0.3 is 6.03 Å². The van der Waals surface area contributed by atoms with Crippen molar-refractivity contribution in [2.24, 2.45) is 5.73 Å². The van der Waals surface area contributed by atoms with Gasteiger partial charge in [-0.15, -0.1) is 0 Å². The number of urea groups is 1. The Bertz CT molecular complexity index is 823. The third kappa shape index (κ3) is 4.71. The lowest BCUT2D eigenvalue weighted by Gasteiger charge is -2.26. The molecule has 0 unspecified atom stereocenters. The standard InChI is InChI=1S/C19H22F2N4O2/c1-27-17-10-16(21)15(20)9-14(17)11-6-7-23-18(8-11)25-19(26)24-13-4-2-12(22)3-5-13/h6-10,12-13H,2-5,22H2,1H3,(H2,23,24,25,26). The number of aromatic nitrogens is 1. The molecule has 0 spiro atoms. The SMILES string of the molecule is COc1cc(F)c(F)cc1-c1ccnc(NC(=O)NC2CCC(N)CC2)c1. The largest absolute Gasteiger partial charge is 0.496 e. The number of anilines is 1. The molecule has 0 saturated heterocycles. The van der Waals surface area contributed by atoms with Crippen LogP contribution in [0.4, 0.5) is 19.4 Å². The lowest BCUT2D eigenvalue weighted by atomic mass is 9.92. The van der Waals surface area contributed by atoms with Gasteiger partial charge in [0.2, 0.25) is 0 Å². The number of carbonyl (C=O) groups is 1. The van der Waals surface area contributed by atoms with Crippen LogP contribution in [0.15, 0.2) is 30.5 Å². The third-order valence-electron chi connectivity index (χ3n) is 4.66. The second kappa shape index (κ2) is 8.30.